The maximum atomic E-state index is 15.1. The molecule has 0 unspecified atom stereocenters. The predicted octanol–water partition coefficient (Wildman–Crippen LogP) is 8.90. The molecule has 0 spiro atoms. The van der Waals surface area contributed by atoms with Crippen molar-refractivity contribution >= 4 is 10.8 Å². The van der Waals surface area contributed by atoms with Crippen LogP contribution in [0.2, 0.25) is 0 Å². The first-order chi connectivity index (χ1) is 16.7. The molecule has 0 heterocycles. The summed E-state index contributed by atoms with van der Waals surface area (Å²) in [5.74, 6) is 5.92. The van der Waals surface area contributed by atoms with Crippen molar-refractivity contribution in [2.24, 2.45) is 0 Å². The van der Waals surface area contributed by atoms with Crippen LogP contribution in [0.4, 0.5) is 4.39 Å². The van der Waals surface area contributed by atoms with E-state index < -0.39 is 0 Å². The lowest BCUT2D eigenvalue weighted by atomic mass is 10.00. The molecule has 0 aliphatic carbocycles. The van der Waals surface area contributed by atoms with E-state index in [4.69, 9.17) is 0 Å². The fourth-order valence-electron chi connectivity index (χ4n) is 4.19. The molecule has 4 aromatic rings. The van der Waals surface area contributed by atoms with E-state index in [1.807, 2.05) is 36.4 Å². The summed E-state index contributed by atoms with van der Waals surface area (Å²) in [6, 6.07) is 26.6. The Labute approximate surface area is 203 Å². The van der Waals surface area contributed by atoms with Crippen molar-refractivity contribution in [1.82, 2.24) is 0 Å². The second-order valence-electron chi connectivity index (χ2n) is 8.79. The SMILES string of the molecule is C=CCCc1ccc(-c2ccc(C#Cc3ccc4cc(CCCCC)ccc4c3F)cc2)cc1. The zero-order valence-electron chi connectivity index (χ0n) is 19.9. The van der Waals surface area contributed by atoms with Crippen LogP contribution < -0.4 is 0 Å². The van der Waals surface area contributed by atoms with Crippen molar-refractivity contribution < 1.29 is 4.39 Å². The highest BCUT2D eigenvalue weighted by atomic mass is 19.1. The lowest BCUT2D eigenvalue weighted by molar-refractivity contribution is 0.636. The number of aryl methyl sites for hydroxylation is 2. The Morgan fingerprint density at radius 3 is 2.18 bits per heavy atom. The molecule has 1 heteroatoms. The zero-order valence-corrected chi connectivity index (χ0v) is 19.9. The molecule has 0 N–H and O–H groups in total. The van der Waals surface area contributed by atoms with E-state index in [0.717, 1.165) is 35.8 Å². The largest absolute Gasteiger partial charge is 0.205 e. The van der Waals surface area contributed by atoms with Crippen LogP contribution in [-0.2, 0) is 12.8 Å². The third-order valence-electron chi connectivity index (χ3n) is 6.24. The van der Waals surface area contributed by atoms with E-state index in [0.29, 0.717) is 10.9 Å². The van der Waals surface area contributed by atoms with Gasteiger partial charge in [0.2, 0.25) is 0 Å². The summed E-state index contributed by atoms with van der Waals surface area (Å²) in [7, 11) is 0. The Hall–Kier alpha value is -3.63. The van der Waals surface area contributed by atoms with Crippen LogP contribution in [0.5, 0.6) is 0 Å². The van der Waals surface area contributed by atoms with Crippen LogP contribution in [0.25, 0.3) is 21.9 Å². The van der Waals surface area contributed by atoms with Gasteiger partial charge in [-0.15, -0.1) is 6.58 Å². The molecule has 0 fully saturated rings. The Balaban J connectivity index is 1.48. The molecule has 0 radical (unpaired) electrons. The van der Waals surface area contributed by atoms with E-state index in [2.05, 4.69) is 67.8 Å². The standard InChI is InChI=1S/C33H31F/c1-3-5-7-9-27-15-23-32-31(24-27)22-21-30(33(32)34)20-14-26-12-18-29(19-13-26)28-16-10-25(11-17-28)8-6-4-2/h4,10-13,15-19,21-24H,2-3,5-9H2,1H3. The topological polar surface area (TPSA) is 0 Å². The third kappa shape index (κ3) is 5.83. The molecule has 0 saturated carbocycles. The summed E-state index contributed by atoms with van der Waals surface area (Å²) >= 11 is 0. The van der Waals surface area contributed by atoms with E-state index >= 15 is 4.39 Å². The van der Waals surface area contributed by atoms with Crippen molar-refractivity contribution in [2.45, 2.75) is 45.4 Å². The number of rotatable bonds is 8. The molecular formula is C33H31F. The second kappa shape index (κ2) is 11.5. The van der Waals surface area contributed by atoms with Crippen LogP contribution in [0.3, 0.4) is 0 Å². The minimum atomic E-state index is -0.238. The van der Waals surface area contributed by atoms with Crippen molar-refractivity contribution in [3.63, 3.8) is 0 Å². The molecule has 0 bridgehead atoms. The summed E-state index contributed by atoms with van der Waals surface area (Å²) in [6.07, 6.45) is 8.61. The fraction of sp³-hybridized carbons (Fsp3) is 0.212. The van der Waals surface area contributed by atoms with Crippen molar-refractivity contribution in [3.8, 4) is 23.0 Å². The normalized spacial score (nSPS) is 10.6. The van der Waals surface area contributed by atoms with Gasteiger partial charge in [-0.1, -0.05) is 98.3 Å². The Kier molecular flexibility index (Phi) is 7.95. The van der Waals surface area contributed by atoms with Crippen LogP contribution in [-0.4, -0.2) is 0 Å². The van der Waals surface area contributed by atoms with Gasteiger partial charge in [0.15, 0.2) is 0 Å². The number of hydrogen-bond acceptors (Lipinski definition) is 0. The van der Waals surface area contributed by atoms with Gasteiger partial charge in [-0.2, -0.15) is 0 Å². The van der Waals surface area contributed by atoms with Crippen LogP contribution in [0, 0.1) is 17.7 Å². The molecule has 0 nitrogen and oxygen atoms in total. The highest BCUT2D eigenvalue weighted by molar-refractivity contribution is 5.85. The van der Waals surface area contributed by atoms with Gasteiger partial charge in [-0.05, 0) is 71.5 Å². The summed E-state index contributed by atoms with van der Waals surface area (Å²) in [4.78, 5) is 0. The molecule has 0 aliphatic heterocycles. The van der Waals surface area contributed by atoms with Gasteiger partial charge in [0.25, 0.3) is 0 Å². The van der Waals surface area contributed by atoms with E-state index in [1.165, 1.54) is 36.0 Å². The summed E-state index contributed by atoms with van der Waals surface area (Å²) in [6.45, 7) is 5.99. The maximum Gasteiger partial charge on any atom is 0.146 e. The first-order valence-electron chi connectivity index (χ1n) is 12.2. The lowest BCUT2D eigenvalue weighted by Gasteiger charge is -2.06. The Morgan fingerprint density at radius 2 is 1.47 bits per heavy atom. The molecule has 4 rings (SSSR count). The van der Waals surface area contributed by atoms with Gasteiger partial charge in [0, 0.05) is 10.9 Å². The summed E-state index contributed by atoms with van der Waals surface area (Å²) < 4.78 is 15.1. The van der Waals surface area contributed by atoms with Gasteiger partial charge in [-0.3, -0.25) is 0 Å². The highest BCUT2D eigenvalue weighted by Gasteiger charge is 2.07. The average Bonchev–Trinajstić information content (AvgIpc) is 2.88. The van der Waals surface area contributed by atoms with E-state index in [-0.39, 0.29) is 5.82 Å². The third-order valence-corrected chi connectivity index (χ3v) is 6.24. The maximum absolute atomic E-state index is 15.1. The quantitative estimate of drug-likeness (QED) is 0.144. The van der Waals surface area contributed by atoms with Gasteiger partial charge < -0.3 is 0 Å². The van der Waals surface area contributed by atoms with Gasteiger partial charge in [0.05, 0.1) is 5.56 Å². The number of benzene rings is 4. The van der Waals surface area contributed by atoms with Crippen LogP contribution >= 0.6 is 0 Å². The highest BCUT2D eigenvalue weighted by Crippen LogP contribution is 2.24. The molecule has 4 aromatic carbocycles. The monoisotopic (exact) mass is 446 g/mol. The van der Waals surface area contributed by atoms with Gasteiger partial charge >= 0.3 is 0 Å². The number of fused-ring (bicyclic) bond motifs is 1. The lowest BCUT2D eigenvalue weighted by Crippen LogP contribution is -1.90. The number of hydrogen-bond donors (Lipinski definition) is 0. The van der Waals surface area contributed by atoms with Crippen molar-refractivity contribution in [2.75, 3.05) is 0 Å². The van der Waals surface area contributed by atoms with E-state index in [9.17, 15) is 0 Å². The number of halogens is 1. The average molecular weight is 447 g/mol. The molecule has 170 valence electrons. The smallest absolute Gasteiger partial charge is 0.146 e. The minimum Gasteiger partial charge on any atom is -0.205 e. The first-order valence-corrected chi connectivity index (χ1v) is 12.2. The first kappa shape index (κ1) is 23.5. The number of allylic oxidation sites excluding steroid dienone is 1. The van der Waals surface area contributed by atoms with Gasteiger partial charge in [-0.25, -0.2) is 4.39 Å². The Morgan fingerprint density at radius 1 is 0.765 bits per heavy atom. The number of unbranched alkanes of at least 4 members (excludes halogenated alkanes) is 2. The van der Waals surface area contributed by atoms with Crippen molar-refractivity contribution in [3.05, 3.63) is 120 Å². The molecule has 0 aromatic heterocycles. The predicted molar refractivity (Wildman–Crippen MR) is 144 cm³/mol. The molecule has 34 heavy (non-hydrogen) atoms. The fourth-order valence-corrected chi connectivity index (χ4v) is 4.19. The molecule has 0 amide bonds. The molecule has 0 aliphatic rings. The van der Waals surface area contributed by atoms with Crippen LogP contribution in [0.15, 0.2) is 91.5 Å². The van der Waals surface area contributed by atoms with E-state index in [1.54, 1.807) is 6.07 Å². The summed E-state index contributed by atoms with van der Waals surface area (Å²) in [5, 5.41) is 1.58. The van der Waals surface area contributed by atoms with Gasteiger partial charge in [0.1, 0.15) is 5.82 Å². The van der Waals surface area contributed by atoms with Crippen LogP contribution in [0.1, 0.15) is 54.9 Å². The molecule has 0 atom stereocenters. The zero-order chi connectivity index (χ0) is 23.8. The minimum absolute atomic E-state index is 0.238. The Bertz CT molecular complexity index is 1320. The van der Waals surface area contributed by atoms with Crippen molar-refractivity contribution in [1.29, 1.82) is 0 Å². The summed E-state index contributed by atoms with van der Waals surface area (Å²) in [5.41, 5.74) is 6.22. The molecular weight excluding hydrogens is 415 g/mol. The molecule has 0 saturated heterocycles. The second-order valence-corrected chi connectivity index (χ2v) is 8.79.